The molecule has 0 aliphatic carbocycles. The minimum Gasteiger partial charge on any atom is -0.481 e. The summed E-state index contributed by atoms with van der Waals surface area (Å²) in [5.41, 5.74) is 0.659. The number of nitrogens with zero attached hydrogens (tertiary/aromatic N) is 2. The van der Waals surface area contributed by atoms with E-state index in [1.165, 1.54) is 12.1 Å². The molecule has 2 aromatic carbocycles. The second kappa shape index (κ2) is 7.89. The van der Waals surface area contributed by atoms with Crippen molar-refractivity contribution in [2.75, 3.05) is 13.2 Å². The average molecular weight is 403 g/mol. The highest BCUT2D eigenvalue weighted by molar-refractivity contribution is 6.30. The van der Waals surface area contributed by atoms with E-state index in [1.807, 2.05) is 31.2 Å². The Morgan fingerprint density at radius 3 is 2.39 bits per heavy atom. The van der Waals surface area contributed by atoms with Crippen molar-refractivity contribution in [3.8, 4) is 5.75 Å². The molecular formula is C21H20ClFN2O3. The van der Waals surface area contributed by atoms with Crippen molar-refractivity contribution in [3.05, 3.63) is 76.7 Å². The Hall–Kier alpha value is -2.44. The Morgan fingerprint density at radius 2 is 1.71 bits per heavy atom. The molecule has 28 heavy (non-hydrogen) atoms. The molecule has 0 saturated carbocycles. The highest BCUT2D eigenvalue weighted by Gasteiger charge is 2.41. The third-order valence-electron chi connectivity index (χ3n) is 5.07. The summed E-state index contributed by atoms with van der Waals surface area (Å²) in [4.78, 5) is 0. The molecule has 3 aromatic rings. The summed E-state index contributed by atoms with van der Waals surface area (Å²) in [6.07, 6.45) is 1.02. The van der Waals surface area contributed by atoms with Crippen molar-refractivity contribution in [1.29, 1.82) is 0 Å². The molecule has 7 heteroatoms. The second-order valence-corrected chi connectivity index (χ2v) is 7.30. The standard InChI is InChI=1S/C21H20ClFN2O3/c1-14(27-18-8-6-17(23)7-9-18)19-24-25-20(28-19)21(10-12-26-13-11-21)15-2-4-16(22)5-3-15/h2-9,14H,10-13H2,1H3/t14-/m0/s1. The maximum Gasteiger partial charge on any atom is 0.256 e. The van der Waals surface area contributed by atoms with Crippen LogP contribution in [-0.2, 0) is 10.2 Å². The SMILES string of the molecule is C[C@H](Oc1ccc(F)cc1)c1nnc(C2(c3ccc(Cl)cc3)CCOCC2)o1. The van der Waals surface area contributed by atoms with E-state index in [1.54, 1.807) is 12.1 Å². The zero-order valence-corrected chi connectivity index (χ0v) is 16.2. The number of rotatable bonds is 5. The quantitative estimate of drug-likeness (QED) is 0.594. The molecule has 1 saturated heterocycles. The van der Waals surface area contributed by atoms with E-state index in [-0.39, 0.29) is 5.82 Å². The predicted molar refractivity (Wildman–Crippen MR) is 102 cm³/mol. The molecule has 5 nitrogen and oxygen atoms in total. The molecule has 1 aliphatic rings. The number of halogens is 2. The van der Waals surface area contributed by atoms with Crippen molar-refractivity contribution in [1.82, 2.24) is 10.2 Å². The van der Waals surface area contributed by atoms with Crippen LogP contribution in [0.1, 0.15) is 43.2 Å². The molecule has 1 aromatic heterocycles. The molecule has 1 fully saturated rings. The van der Waals surface area contributed by atoms with Gasteiger partial charge in [-0.05, 0) is 61.7 Å². The maximum atomic E-state index is 13.1. The van der Waals surface area contributed by atoms with Gasteiger partial charge in [0.05, 0.1) is 5.41 Å². The van der Waals surface area contributed by atoms with Crippen molar-refractivity contribution in [2.45, 2.75) is 31.3 Å². The van der Waals surface area contributed by atoms with E-state index in [9.17, 15) is 4.39 Å². The van der Waals surface area contributed by atoms with Crippen LogP contribution in [0.3, 0.4) is 0 Å². The number of ether oxygens (including phenoxy) is 2. The molecule has 0 spiro atoms. The molecule has 4 rings (SSSR count). The summed E-state index contributed by atoms with van der Waals surface area (Å²) in [7, 11) is 0. The first-order chi connectivity index (χ1) is 13.6. The smallest absolute Gasteiger partial charge is 0.256 e. The van der Waals surface area contributed by atoms with Gasteiger partial charge in [0.15, 0.2) is 6.10 Å². The Bertz CT molecular complexity index is 922. The number of hydrogen-bond donors (Lipinski definition) is 0. The Labute approximate surface area is 167 Å². The van der Waals surface area contributed by atoms with Crippen LogP contribution in [0.15, 0.2) is 52.9 Å². The topological polar surface area (TPSA) is 57.4 Å². The molecule has 0 unspecified atom stereocenters. The lowest BCUT2D eigenvalue weighted by Gasteiger charge is -2.34. The molecule has 1 atom stereocenters. The molecule has 0 amide bonds. The van der Waals surface area contributed by atoms with E-state index in [0.29, 0.717) is 35.8 Å². The number of hydrogen-bond acceptors (Lipinski definition) is 5. The highest BCUT2D eigenvalue weighted by atomic mass is 35.5. The summed E-state index contributed by atoms with van der Waals surface area (Å²) < 4.78 is 30.5. The molecule has 0 radical (unpaired) electrons. The van der Waals surface area contributed by atoms with Gasteiger partial charge >= 0.3 is 0 Å². The second-order valence-electron chi connectivity index (χ2n) is 6.86. The van der Waals surface area contributed by atoms with Gasteiger partial charge in [-0.2, -0.15) is 0 Å². The van der Waals surface area contributed by atoms with Crippen LogP contribution in [0.2, 0.25) is 5.02 Å². The number of benzene rings is 2. The van der Waals surface area contributed by atoms with Gasteiger partial charge in [-0.3, -0.25) is 0 Å². The average Bonchev–Trinajstić information content (AvgIpc) is 3.22. The Morgan fingerprint density at radius 1 is 1.04 bits per heavy atom. The Balaban J connectivity index is 1.61. The normalized spacial score (nSPS) is 17.2. The molecule has 0 bridgehead atoms. The summed E-state index contributed by atoms with van der Waals surface area (Å²) in [5.74, 6) is 1.14. The monoisotopic (exact) mass is 402 g/mol. The van der Waals surface area contributed by atoms with Gasteiger partial charge in [0.25, 0.3) is 5.89 Å². The van der Waals surface area contributed by atoms with Gasteiger partial charge in [0, 0.05) is 18.2 Å². The third-order valence-corrected chi connectivity index (χ3v) is 5.32. The van der Waals surface area contributed by atoms with Crippen molar-refractivity contribution in [2.24, 2.45) is 0 Å². The van der Waals surface area contributed by atoms with Gasteiger partial charge < -0.3 is 13.9 Å². The first-order valence-electron chi connectivity index (χ1n) is 9.17. The van der Waals surface area contributed by atoms with E-state index >= 15 is 0 Å². The summed E-state index contributed by atoms with van der Waals surface area (Å²) >= 11 is 6.06. The van der Waals surface area contributed by atoms with Gasteiger partial charge in [0.2, 0.25) is 5.89 Å². The van der Waals surface area contributed by atoms with Crippen molar-refractivity contribution in [3.63, 3.8) is 0 Å². The van der Waals surface area contributed by atoms with E-state index in [4.69, 9.17) is 25.5 Å². The van der Waals surface area contributed by atoms with Crippen molar-refractivity contribution < 1.29 is 18.3 Å². The fourth-order valence-corrected chi connectivity index (χ4v) is 3.60. The van der Waals surface area contributed by atoms with Gasteiger partial charge in [-0.1, -0.05) is 23.7 Å². The van der Waals surface area contributed by atoms with Gasteiger partial charge in [-0.25, -0.2) is 4.39 Å². The zero-order valence-electron chi connectivity index (χ0n) is 15.4. The molecule has 0 N–H and O–H groups in total. The van der Waals surface area contributed by atoms with Crippen LogP contribution in [0.5, 0.6) is 5.75 Å². The largest absolute Gasteiger partial charge is 0.481 e. The molecule has 2 heterocycles. The first-order valence-corrected chi connectivity index (χ1v) is 9.54. The van der Waals surface area contributed by atoms with E-state index in [0.717, 1.165) is 18.4 Å². The molecule has 146 valence electrons. The van der Waals surface area contributed by atoms with E-state index in [2.05, 4.69) is 10.2 Å². The summed E-state index contributed by atoms with van der Waals surface area (Å²) in [6.45, 7) is 3.05. The summed E-state index contributed by atoms with van der Waals surface area (Å²) in [6, 6.07) is 13.6. The molecular weight excluding hydrogens is 383 g/mol. The minimum absolute atomic E-state index is 0.315. The van der Waals surface area contributed by atoms with Gasteiger partial charge in [0.1, 0.15) is 11.6 Å². The van der Waals surface area contributed by atoms with Crippen LogP contribution in [0.4, 0.5) is 4.39 Å². The third kappa shape index (κ3) is 3.75. The Kier molecular flexibility index (Phi) is 5.33. The summed E-state index contributed by atoms with van der Waals surface area (Å²) in [5, 5.41) is 9.23. The predicted octanol–water partition coefficient (Wildman–Crippen LogP) is 5.10. The van der Waals surface area contributed by atoms with Gasteiger partial charge in [-0.15, -0.1) is 10.2 Å². The van der Waals surface area contributed by atoms with Crippen LogP contribution in [0, 0.1) is 5.82 Å². The van der Waals surface area contributed by atoms with Crippen molar-refractivity contribution >= 4 is 11.6 Å². The van der Waals surface area contributed by atoms with Crippen LogP contribution < -0.4 is 4.74 Å². The molecule has 1 aliphatic heterocycles. The van der Waals surface area contributed by atoms with Crippen LogP contribution >= 0.6 is 11.6 Å². The maximum absolute atomic E-state index is 13.1. The van der Waals surface area contributed by atoms with Crippen LogP contribution in [-0.4, -0.2) is 23.4 Å². The zero-order chi connectivity index (χ0) is 19.6. The lowest BCUT2D eigenvalue weighted by molar-refractivity contribution is 0.0530. The number of aromatic nitrogens is 2. The minimum atomic E-state index is -0.464. The van der Waals surface area contributed by atoms with Crippen LogP contribution in [0.25, 0.3) is 0 Å². The first kappa shape index (κ1) is 18.9. The highest BCUT2D eigenvalue weighted by Crippen LogP contribution is 2.41. The van der Waals surface area contributed by atoms with E-state index < -0.39 is 11.5 Å². The lowest BCUT2D eigenvalue weighted by atomic mass is 9.74. The fraction of sp³-hybridized carbons (Fsp3) is 0.333. The lowest BCUT2D eigenvalue weighted by Crippen LogP contribution is -2.35. The fourth-order valence-electron chi connectivity index (χ4n) is 3.47.